The molecule has 20 heavy (non-hydrogen) atoms. The molecule has 5 nitrogen and oxygen atoms in total. The molecule has 0 saturated carbocycles. The highest BCUT2D eigenvalue weighted by molar-refractivity contribution is 7.91. The maximum absolute atomic E-state index is 11.7. The maximum atomic E-state index is 11.7. The third kappa shape index (κ3) is 4.11. The minimum atomic E-state index is -3.00. The molecule has 2 rings (SSSR count). The molecule has 1 heterocycles. The lowest BCUT2D eigenvalue weighted by Gasteiger charge is -2.12. The van der Waals surface area contributed by atoms with Crippen molar-refractivity contribution in [2.45, 2.75) is 19.4 Å². The smallest absolute Gasteiger partial charge is 0.258 e. The van der Waals surface area contributed by atoms with Crippen LogP contribution in [0.4, 0.5) is 0 Å². The quantitative estimate of drug-likeness (QED) is 0.909. The van der Waals surface area contributed by atoms with Crippen LogP contribution in [0, 0.1) is 6.92 Å². The first-order valence-corrected chi connectivity index (χ1v) is 8.44. The van der Waals surface area contributed by atoms with Crippen LogP contribution >= 0.6 is 11.6 Å². The number of ether oxygens (including phenoxy) is 1. The molecule has 0 unspecified atom stereocenters. The molecule has 0 spiro atoms. The lowest BCUT2D eigenvalue weighted by Crippen LogP contribution is -2.38. The van der Waals surface area contributed by atoms with Crippen molar-refractivity contribution < 1.29 is 17.9 Å². The van der Waals surface area contributed by atoms with Crippen molar-refractivity contribution in [3.63, 3.8) is 0 Å². The van der Waals surface area contributed by atoms with E-state index in [1.54, 1.807) is 12.1 Å². The van der Waals surface area contributed by atoms with Gasteiger partial charge in [-0.05, 0) is 31.0 Å². The van der Waals surface area contributed by atoms with E-state index in [2.05, 4.69) is 5.32 Å². The number of amides is 1. The van der Waals surface area contributed by atoms with Gasteiger partial charge < -0.3 is 10.1 Å². The lowest BCUT2D eigenvalue weighted by atomic mass is 10.2. The molecule has 0 bridgehead atoms. The monoisotopic (exact) mass is 317 g/mol. The van der Waals surface area contributed by atoms with E-state index in [0.717, 1.165) is 5.56 Å². The summed E-state index contributed by atoms with van der Waals surface area (Å²) in [4.78, 5) is 11.7. The van der Waals surface area contributed by atoms with Crippen molar-refractivity contribution in [1.29, 1.82) is 0 Å². The minimum absolute atomic E-state index is 0.00391. The predicted molar refractivity (Wildman–Crippen MR) is 76.9 cm³/mol. The minimum Gasteiger partial charge on any atom is -0.482 e. The van der Waals surface area contributed by atoms with E-state index in [4.69, 9.17) is 16.3 Å². The molecule has 1 amide bonds. The van der Waals surface area contributed by atoms with Gasteiger partial charge in [0.1, 0.15) is 5.75 Å². The Morgan fingerprint density at radius 1 is 1.50 bits per heavy atom. The van der Waals surface area contributed by atoms with Crippen molar-refractivity contribution in [3.8, 4) is 5.75 Å². The lowest BCUT2D eigenvalue weighted by molar-refractivity contribution is -0.123. The zero-order valence-corrected chi connectivity index (χ0v) is 12.6. The third-order valence-electron chi connectivity index (χ3n) is 3.04. The fourth-order valence-electron chi connectivity index (χ4n) is 2.04. The second kappa shape index (κ2) is 6.01. The van der Waals surface area contributed by atoms with Gasteiger partial charge in [0.15, 0.2) is 16.4 Å². The highest BCUT2D eigenvalue weighted by atomic mass is 35.5. The normalized spacial score (nSPS) is 20.6. The number of hydrogen-bond acceptors (Lipinski definition) is 4. The summed E-state index contributed by atoms with van der Waals surface area (Å²) >= 11 is 5.95. The molecular weight excluding hydrogens is 302 g/mol. The molecule has 1 aliphatic rings. The highest BCUT2D eigenvalue weighted by Crippen LogP contribution is 2.25. The molecule has 0 aliphatic carbocycles. The van der Waals surface area contributed by atoms with E-state index in [-0.39, 0.29) is 30.1 Å². The van der Waals surface area contributed by atoms with Gasteiger partial charge in [0, 0.05) is 6.04 Å². The zero-order chi connectivity index (χ0) is 14.8. The number of nitrogens with one attached hydrogen (secondary N) is 1. The predicted octanol–water partition coefficient (Wildman–Crippen LogP) is 1.33. The summed E-state index contributed by atoms with van der Waals surface area (Å²) in [6.07, 6.45) is 0.458. The molecule has 1 aromatic rings. The third-order valence-corrected chi connectivity index (χ3v) is 5.12. The molecule has 0 aromatic heterocycles. The van der Waals surface area contributed by atoms with Crippen LogP contribution in [0.2, 0.25) is 5.02 Å². The van der Waals surface area contributed by atoms with Crippen molar-refractivity contribution >= 4 is 27.3 Å². The fraction of sp³-hybridized carbons (Fsp3) is 0.462. The first-order valence-electron chi connectivity index (χ1n) is 6.24. The van der Waals surface area contributed by atoms with Gasteiger partial charge in [-0.3, -0.25) is 4.79 Å². The summed E-state index contributed by atoms with van der Waals surface area (Å²) in [6, 6.07) is 4.98. The Balaban J connectivity index is 1.85. The van der Waals surface area contributed by atoms with Crippen molar-refractivity contribution in [1.82, 2.24) is 5.32 Å². The van der Waals surface area contributed by atoms with E-state index in [9.17, 15) is 13.2 Å². The number of sulfone groups is 1. The van der Waals surface area contributed by atoms with E-state index < -0.39 is 9.84 Å². The average molecular weight is 318 g/mol. The maximum Gasteiger partial charge on any atom is 0.258 e. The summed E-state index contributed by atoms with van der Waals surface area (Å²) in [5, 5.41) is 3.09. The van der Waals surface area contributed by atoms with Crippen LogP contribution in [0.15, 0.2) is 18.2 Å². The zero-order valence-electron chi connectivity index (χ0n) is 11.1. The van der Waals surface area contributed by atoms with E-state index in [0.29, 0.717) is 17.2 Å². The Morgan fingerprint density at radius 2 is 2.25 bits per heavy atom. The second-order valence-electron chi connectivity index (χ2n) is 4.89. The molecule has 0 radical (unpaired) electrons. The SMILES string of the molecule is Cc1ccc(Cl)c(OCC(=O)N[C@H]2CCS(=O)(=O)C2)c1. The first-order chi connectivity index (χ1) is 9.35. The van der Waals surface area contributed by atoms with Crippen LogP contribution < -0.4 is 10.1 Å². The van der Waals surface area contributed by atoms with Crippen molar-refractivity contribution in [2.75, 3.05) is 18.1 Å². The van der Waals surface area contributed by atoms with Gasteiger partial charge in [-0.1, -0.05) is 17.7 Å². The topological polar surface area (TPSA) is 72.5 Å². The molecule has 1 saturated heterocycles. The number of carbonyl (C=O) groups is 1. The Kier molecular flexibility index (Phi) is 4.55. The molecular formula is C13H16ClNO4S. The van der Waals surface area contributed by atoms with Crippen LogP contribution in [0.1, 0.15) is 12.0 Å². The van der Waals surface area contributed by atoms with Crippen LogP contribution in [-0.4, -0.2) is 38.5 Å². The number of aryl methyl sites for hydroxylation is 1. The van der Waals surface area contributed by atoms with Gasteiger partial charge >= 0.3 is 0 Å². The molecule has 1 aromatic carbocycles. The van der Waals surface area contributed by atoms with E-state index in [1.807, 2.05) is 13.0 Å². The Hall–Kier alpha value is -1.27. The number of hydrogen-bond donors (Lipinski definition) is 1. The Bertz CT molecular complexity index is 615. The Labute approximate surface area is 123 Å². The molecule has 1 aliphatic heterocycles. The molecule has 7 heteroatoms. The largest absolute Gasteiger partial charge is 0.482 e. The van der Waals surface area contributed by atoms with Crippen LogP contribution in [0.5, 0.6) is 5.75 Å². The Morgan fingerprint density at radius 3 is 2.90 bits per heavy atom. The fourth-order valence-corrected chi connectivity index (χ4v) is 3.89. The molecule has 1 atom stereocenters. The van der Waals surface area contributed by atoms with Gasteiger partial charge in [0.2, 0.25) is 0 Å². The summed E-state index contributed by atoms with van der Waals surface area (Å²) in [7, 11) is -3.00. The highest BCUT2D eigenvalue weighted by Gasteiger charge is 2.28. The van der Waals surface area contributed by atoms with Gasteiger partial charge in [-0.25, -0.2) is 8.42 Å². The number of benzene rings is 1. The summed E-state index contributed by atoms with van der Waals surface area (Å²) < 4.78 is 27.9. The van der Waals surface area contributed by atoms with Crippen molar-refractivity contribution in [3.05, 3.63) is 28.8 Å². The van der Waals surface area contributed by atoms with Gasteiger partial charge in [0.05, 0.1) is 16.5 Å². The van der Waals surface area contributed by atoms with Gasteiger partial charge in [-0.2, -0.15) is 0 Å². The van der Waals surface area contributed by atoms with Crippen LogP contribution in [0.3, 0.4) is 0 Å². The van der Waals surface area contributed by atoms with Crippen LogP contribution in [-0.2, 0) is 14.6 Å². The molecule has 110 valence electrons. The molecule has 1 N–H and O–H groups in total. The number of halogens is 1. The van der Waals surface area contributed by atoms with Gasteiger partial charge in [-0.15, -0.1) is 0 Å². The van der Waals surface area contributed by atoms with Gasteiger partial charge in [0.25, 0.3) is 5.91 Å². The van der Waals surface area contributed by atoms with Crippen molar-refractivity contribution in [2.24, 2.45) is 0 Å². The summed E-state index contributed by atoms with van der Waals surface area (Å²) in [6.45, 7) is 1.71. The summed E-state index contributed by atoms with van der Waals surface area (Å²) in [5.74, 6) is 0.234. The number of carbonyl (C=O) groups excluding carboxylic acids is 1. The summed E-state index contributed by atoms with van der Waals surface area (Å²) in [5.41, 5.74) is 0.978. The van der Waals surface area contributed by atoms with Crippen LogP contribution in [0.25, 0.3) is 0 Å². The van der Waals surface area contributed by atoms with E-state index >= 15 is 0 Å². The average Bonchev–Trinajstić information content (AvgIpc) is 2.70. The van der Waals surface area contributed by atoms with E-state index in [1.165, 1.54) is 0 Å². The first kappa shape index (κ1) is 15.1. The standard InChI is InChI=1S/C13H16ClNO4S/c1-9-2-3-11(14)12(6-9)19-7-13(16)15-10-4-5-20(17,18)8-10/h2-3,6,10H,4-5,7-8H2,1H3,(H,15,16)/t10-/m0/s1. The second-order valence-corrected chi connectivity index (χ2v) is 7.53. The molecule has 1 fully saturated rings. The number of rotatable bonds is 4.